The van der Waals surface area contributed by atoms with Gasteiger partial charge in [0.2, 0.25) is 0 Å². The van der Waals surface area contributed by atoms with E-state index in [1.165, 1.54) is 0 Å². The Labute approximate surface area is 146 Å². The molecule has 1 heterocycles. The molecule has 0 spiro atoms. The van der Waals surface area contributed by atoms with Gasteiger partial charge in [0.05, 0.1) is 17.8 Å². The van der Waals surface area contributed by atoms with E-state index in [0.717, 1.165) is 6.42 Å². The van der Waals surface area contributed by atoms with Crippen molar-refractivity contribution in [2.45, 2.75) is 26.9 Å². The Hall–Kier alpha value is -2.21. The third kappa shape index (κ3) is 4.89. The zero-order valence-corrected chi connectivity index (χ0v) is 14.8. The van der Waals surface area contributed by atoms with Crippen molar-refractivity contribution in [2.75, 3.05) is 13.7 Å². The van der Waals surface area contributed by atoms with Crippen LogP contribution in [-0.2, 0) is 6.61 Å². The number of nitrogens with one attached hydrogen (secondary N) is 2. The van der Waals surface area contributed by atoms with Crippen LogP contribution in [0.1, 0.15) is 36.5 Å². The first-order chi connectivity index (χ1) is 11.5. The fourth-order valence-corrected chi connectivity index (χ4v) is 2.16. The first-order valence-electron chi connectivity index (χ1n) is 7.82. The molecule has 0 radical (unpaired) electrons. The number of carbonyl (C=O) groups excluding carboxylic acids is 1. The Bertz CT molecular complexity index is 687. The summed E-state index contributed by atoms with van der Waals surface area (Å²) >= 11 is 6.12. The molecule has 24 heavy (non-hydrogen) atoms. The lowest BCUT2D eigenvalue weighted by atomic mass is 10.1. The Balaban J connectivity index is 1.90. The molecular weight excluding hydrogens is 330 g/mol. The van der Waals surface area contributed by atoms with Crippen LogP contribution >= 0.6 is 11.6 Å². The van der Waals surface area contributed by atoms with E-state index in [9.17, 15) is 4.79 Å². The number of methoxy groups -OCH3 is 1. The molecule has 0 fully saturated rings. The smallest absolute Gasteiger partial charge is 0.271 e. The number of ether oxygens (including phenoxy) is 2. The van der Waals surface area contributed by atoms with E-state index in [-0.39, 0.29) is 12.5 Å². The minimum atomic E-state index is -0.194. The number of aromatic amines is 1. The molecule has 2 aromatic rings. The zero-order valence-electron chi connectivity index (χ0n) is 14.1. The van der Waals surface area contributed by atoms with E-state index >= 15 is 0 Å². The van der Waals surface area contributed by atoms with Crippen LogP contribution in [0.4, 0.5) is 0 Å². The predicted octanol–water partition coefficient (Wildman–Crippen LogP) is 3.43. The van der Waals surface area contributed by atoms with Gasteiger partial charge in [0.25, 0.3) is 5.91 Å². The van der Waals surface area contributed by atoms with Gasteiger partial charge in [-0.05, 0) is 24.1 Å². The normalized spacial score (nSPS) is 11.8. The maximum absolute atomic E-state index is 12.0. The number of H-pyrrole nitrogens is 1. The largest absolute Gasteiger partial charge is 0.497 e. The van der Waals surface area contributed by atoms with Gasteiger partial charge in [0, 0.05) is 12.6 Å². The minimum Gasteiger partial charge on any atom is -0.497 e. The second-order valence-electron chi connectivity index (χ2n) is 5.59. The van der Waals surface area contributed by atoms with Gasteiger partial charge in [-0.25, -0.2) is 0 Å². The quantitative estimate of drug-likeness (QED) is 0.764. The lowest BCUT2D eigenvalue weighted by Crippen LogP contribution is -2.28. The monoisotopic (exact) mass is 351 g/mol. The molecular formula is C17H22ClN3O3. The second kappa shape index (κ2) is 8.59. The molecule has 1 amide bonds. The molecule has 0 saturated carbocycles. The highest BCUT2D eigenvalue weighted by molar-refractivity contribution is 6.32. The van der Waals surface area contributed by atoms with Crippen molar-refractivity contribution in [1.82, 2.24) is 15.5 Å². The summed E-state index contributed by atoms with van der Waals surface area (Å²) in [6.07, 6.45) is 1.02. The fraction of sp³-hybridized carbons (Fsp3) is 0.412. The van der Waals surface area contributed by atoms with Crippen molar-refractivity contribution in [3.8, 4) is 11.5 Å². The van der Waals surface area contributed by atoms with E-state index in [4.69, 9.17) is 21.1 Å². The van der Waals surface area contributed by atoms with Gasteiger partial charge in [-0.15, -0.1) is 0 Å². The summed E-state index contributed by atoms with van der Waals surface area (Å²) in [5, 5.41) is 10.1. The summed E-state index contributed by atoms with van der Waals surface area (Å²) in [4.78, 5) is 12.0. The van der Waals surface area contributed by atoms with Crippen LogP contribution in [0.15, 0.2) is 24.3 Å². The van der Waals surface area contributed by atoms with Crippen molar-refractivity contribution in [3.05, 3.63) is 40.7 Å². The fourth-order valence-electron chi connectivity index (χ4n) is 1.93. The number of hydrogen-bond donors (Lipinski definition) is 2. The number of halogens is 1. The highest BCUT2D eigenvalue weighted by Gasteiger charge is 2.12. The summed E-state index contributed by atoms with van der Waals surface area (Å²) in [7, 11) is 1.57. The van der Waals surface area contributed by atoms with Crippen LogP contribution in [0.3, 0.4) is 0 Å². The topological polar surface area (TPSA) is 76.2 Å². The van der Waals surface area contributed by atoms with Gasteiger partial charge in [-0.3, -0.25) is 9.89 Å². The van der Waals surface area contributed by atoms with Crippen LogP contribution < -0.4 is 14.8 Å². The standard InChI is InChI=1S/C17H22ClN3O3/c1-4-11(2)9-19-17(22)15-7-12(20-21-15)10-24-16-6-5-13(23-3)8-14(16)18/h5-8,11H,4,9-10H2,1-3H3,(H,19,22)(H,20,21)/t11-/m0/s1. The van der Waals surface area contributed by atoms with Gasteiger partial charge < -0.3 is 14.8 Å². The molecule has 1 aromatic heterocycles. The number of aromatic nitrogens is 2. The van der Waals surface area contributed by atoms with Crippen molar-refractivity contribution >= 4 is 17.5 Å². The molecule has 0 aliphatic rings. The summed E-state index contributed by atoms with van der Waals surface area (Å²) in [5.41, 5.74) is 1.04. The van der Waals surface area contributed by atoms with Gasteiger partial charge in [0.15, 0.2) is 0 Å². The number of hydrogen-bond acceptors (Lipinski definition) is 4. The van der Waals surface area contributed by atoms with E-state index < -0.39 is 0 Å². The van der Waals surface area contributed by atoms with Crippen molar-refractivity contribution < 1.29 is 14.3 Å². The third-order valence-electron chi connectivity index (χ3n) is 3.69. The number of amides is 1. The van der Waals surface area contributed by atoms with E-state index in [1.54, 1.807) is 31.4 Å². The Morgan fingerprint density at radius 2 is 2.21 bits per heavy atom. The molecule has 6 nitrogen and oxygen atoms in total. The van der Waals surface area contributed by atoms with Crippen molar-refractivity contribution in [2.24, 2.45) is 5.92 Å². The Morgan fingerprint density at radius 1 is 1.42 bits per heavy atom. The SMILES string of the molecule is CC[C@H](C)CNC(=O)c1cc(COc2ccc(OC)cc2Cl)[nH]n1. The van der Waals surface area contributed by atoms with Crippen LogP contribution in [0.25, 0.3) is 0 Å². The zero-order chi connectivity index (χ0) is 17.5. The van der Waals surface area contributed by atoms with E-state index in [2.05, 4.69) is 29.4 Å². The minimum absolute atomic E-state index is 0.194. The molecule has 0 aliphatic carbocycles. The highest BCUT2D eigenvalue weighted by Crippen LogP contribution is 2.29. The number of benzene rings is 1. The molecule has 0 bridgehead atoms. The maximum atomic E-state index is 12.0. The van der Waals surface area contributed by atoms with Crippen molar-refractivity contribution in [3.63, 3.8) is 0 Å². The molecule has 0 aliphatic heterocycles. The van der Waals surface area contributed by atoms with Crippen LogP contribution in [0.5, 0.6) is 11.5 Å². The molecule has 7 heteroatoms. The average Bonchev–Trinajstić information content (AvgIpc) is 3.07. The number of nitrogens with zero attached hydrogens (tertiary/aromatic N) is 1. The Morgan fingerprint density at radius 3 is 2.88 bits per heavy atom. The predicted molar refractivity (Wildman–Crippen MR) is 92.7 cm³/mol. The van der Waals surface area contributed by atoms with Crippen LogP contribution in [0.2, 0.25) is 5.02 Å². The molecule has 0 saturated heterocycles. The van der Waals surface area contributed by atoms with Crippen molar-refractivity contribution in [1.29, 1.82) is 0 Å². The van der Waals surface area contributed by atoms with E-state index in [0.29, 0.717) is 40.4 Å². The number of carbonyl (C=O) groups is 1. The second-order valence-corrected chi connectivity index (χ2v) is 5.99. The first-order valence-corrected chi connectivity index (χ1v) is 8.20. The summed E-state index contributed by atoms with van der Waals surface area (Å²) in [5.74, 6) is 1.44. The van der Waals surface area contributed by atoms with Gasteiger partial charge >= 0.3 is 0 Å². The van der Waals surface area contributed by atoms with Gasteiger partial charge in [-0.1, -0.05) is 31.9 Å². The molecule has 130 valence electrons. The number of rotatable bonds is 8. The molecule has 2 rings (SSSR count). The summed E-state index contributed by atoms with van der Waals surface area (Å²) in [6.45, 7) is 5.04. The van der Waals surface area contributed by atoms with Crippen LogP contribution in [0, 0.1) is 5.92 Å². The molecule has 1 atom stereocenters. The first kappa shape index (κ1) is 18.1. The molecule has 1 aromatic carbocycles. The Kier molecular flexibility index (Phi) is 6.49. The molecule has 2 N–H and O–H groups in total. The lowest BCUT2D eigenvalue weighted by Gasteiger charge is -2.08. The maximum Gasteiger partial charge on any atom is 0.271 e. The van der Waals surface area contributed by atoms with Crippen LogP contribution in [-0.4, -0.2) is 29.8 Å². The van der Waals surface area contributed by atoms with E-state index in [1.807, 2.05) is 0 Å². The van der Waals surface area contributed by atoms with Gasteiger partial charge in [-0.2, -0.15) is 5.10 Å². The lowest BCUT2D eigenvalue weighted by molar-refractivity contribution is 0.0943. The van der Waals surface area contributed by atoms with Gasteiger partial charge in [0.1, 0.15) is 23.8 Å². The molecule has 0 unspecified atom stereocenters. The average molecular weight is 352 g/mol. The summed E-state index contributed by atoms with van der Waals surface area (Å²) in [6, 6.07) is 6.85. The summed E-state index contributed by atoms with van der Waals surface area (Å²) < 4.78 is 10.7. The third-order valence-corrected chi connectivity index (χ3v) is 3.99. The highest BCUT2D eigenvalue weighted by atomic mass is 35.5.